The zero-order valence-electron chi connectivity index (χ0n) is 10.8. The van der Waals surface area contributed by atoms with Crippen LogP contribution in [0.15, 0.2) is 28.1 Å². The smallest absolute Gasteiger partial charge is 0.150 e. The molecular weight excluding hydrogens is 346 g/mol. The molecule has 2 aromatic rings. The first-order valence-corrected chi connectivity index (χ1v) is 8.27. The fraction of sp³-hybridized carbons (Fsp3) is 0.357. The quantitative estimate of drug-likeness (QED) is 0.658. The molecule has 0 saturated heterocycles. The number of benzene rings is 1. The predicted octanol–water partition coefficient (Wildman–Crippen LogP) is 5.48. The fourth-order valence-electron chi connectivity index (χ4n) is 1.69. The van der Waals surface area contributed by atoms with Gasteiger partial charge >= 0.3 is 0 Å². The van der Waals surface area contributed by atoms with Crippen LogP contribution in [0, 0.1) is 6.92 Å². The lowest BCUT2D eigenvalue weighted by molar-refractivity contribution is 0.199. The summed E-state index contributed by atoms with van der Waals surface area (Å²) in [5, 5.41) is 2.96. The summed E-state index contributed by atoms with van der Waals surface area (Å²) in [6.07, 6.45) is 0.844. The molecule has 5 heteroatoms. The van der Waals surface area contributed by atoms with Crippen molar-refractivity contribution in [2.75, 3.05) is 0 Å². The lowest BCUT2D eigenvalue weighted by atomic mass is 10.2. The SMILES string of the molecule is CCC(Oc1ccc(C)cc1Br)c1nc(CCl)cs1. The lowest BCUT2D eigenvalue weighted by Crippen LogP contribution is -2.06. The molecule has 0 amide bonds. The van der Waals surface area contributed by atoms with E-state index in [9.17, 15) is 0 Å². The Labute approximate surface area is 130 Å². The van der Waals surface area contributed by atoms with Crippen molar-refractivity contribution in [3.05, 3.63) is 44.3 Å². The molecule has 0 aliphatic carbocycles. The van der Waals surface area contributed by atoms with Crippen LogP contribution in [-0.4, -0.2) is 4.98 Å². The second-order valence-electron chi connectivity index (χ2n) is 4.26. The van der Waals surface area contributed by atoms with Crippen molar-refractivity contribution in [1.29, 1.82) is 0 Å². The molecule has 0 spiro atoms. The van der Waals surface area contributed by atoms with Crippen molar-refractivity contribution in [3.8, 4) is 5.75 Å². The molecule has 1 unspecified atom stereocenters. The molecule has 1 heterocycles. The van der Waals surface area contributed by atoms with Gasteiger partial charge in [-0.05, 0) is 47.0 Å². The van der Waals surface area contributed by atoms with Gasteiger partial charge < -0.3 is 4.74 Å². The number of ether oxygens (including phenoxy) is 1. The number of nitrogens with zero attached hydrogens (tertiary/aromatic N) is 1. The summed E-state index contributed by atoms with van der Waals surface area (Å²) in [5.74, 6) is 1.29. The Morgan fingerprint density at radius 1 is 1.47 bits per heavy atom. The Bertz CT molecular complexity index is 558. The summed E-state index contributed by atoms with van der Waals surface area (Å²) in [7, 11) is 0. The number of alkyl halides is 1. The third kappa shape index (κ3) is 3.71. The summed E-state index contributed by atoms with van der Waals surface area (Å²) >= 11 is 10.9. The highest BCUT2D eigenvalue weighted by molar-refractivity contribution is 9.10. The van der Waals surface area contributed by atoms with Crippen molar-refractivity contribution in [2.45, 2.75) is 32.3 Å². The summed E-state index contributed by atoms with van der Waals surface area (Å²) in [5.41, 5.74) is 2.11. The highest BCUT2D eigenvalue weighted by atomic mass is 79.9. The summed E-state index contributed by atoms with van der Waals surface area (Å²) < 4.78 is 7.02. The minimum absolute atomic E-state index is 0.0269. The molecule has 0 aliphatic heterocycles. The van der Waals surface area contributed by atoms with E-state index in [1.165, 1.54) is 5.56 Å². The van der Waals surface area contributed by atoms with Gasteiger partial charge in [0, 0.05) is 5.38 Å². The van der Waals surface area contributed by atoms with E-state index in [4.69, 9.17) is 16.3 Å². The number of hydrogen-bond acceptors (Lipinski definition) is 3. The zero-order valence-corrected chi connectivity index (χ0v) is 14.0. The first-order chi connectivity index (χ1) is 9.13. The van der Waals surface area contributed by atoms with Gasteiger partial charge in [-0.15, -0.1) is 22.9 Å². The molecule has 1 atom stereocenters. The zero-order chi connectivity index (χ0) is 13.8. The first kappa shape index (κ1) is 14.8. The summed E-state index contributed by atoms with van der Waals surface area (Å²) in [6, 6.07) is 6.07. The molecule has 1 aromatic carbocycles. The van der Waals surface area contributed by atoms with Gasteiger partial charge in [0.1, 0.15) is 16.9 Å². The second kappa shape index (κ2) is 6.73. The molecule has 2 nitrogen and oxygen atoms in total. The molecule has 102 valence electrons. The number of aromatic nitrogens is 1. The second-order valence-corrected chi connectivity index (χ2v) is 6.27. The minimum Gasteiger partial charge on any atom is -0.482 e. The maximum atomic E-state index is 6.05. The maximum absolute atomic E-state index is 6.05. The number of halogens is 2. The van der Waals surface area contributed by atoms with E-state index in [2.05, 4.69) is 34.8 Å². The van der Waals surface area contributed by atoms with Crippen molar-refractivity contribution < 1.29 is 4.74 Å². The first-order valence-electron chi connectivity index (χ1n) is 6.07. The maximum Gasteiger partial charge on any atom is 0.150 e. The van der Waals surface area contributed by atoms with Crippen molar-refractivity contribution in [1.82, 2.24) is 4.98 Å². The molecule has 0 fully saturated rings. The van der Waals surface area contributed by atoms with Gasteiger partial charge in [-0.25, -0.2) is 4.98 Å². The van der Waals surface area contributed by atoms with Crippen molar-refractivity contribution in [2.24, 2.45) is 0 Å². The molecule has 0 saturated carbocycles. The molecule has 2 rings (SSSR count). The Kier molecular flexibility index (Phi) is 5.25. The molecule has 0 radical (unpaired) electrons. The van der Waals surface area contributed by atoms with Crippen molar-refractivity contribution in [3.63, 3.8) is 0 Å². The minimum atomic E-state index is -0.0269. The van der Waals surface area contributed by atoms with E-state index in [0.717, 1.165) is 27.3 Å². The standard InChI is InChI=1S/C14H15BrClNOS/c1-3-12(14-17-10(7-16)8-19-14)18-13-5-4-9(2)6-11(13)15/h4-6,8,12H,3,7H2,1-2H3. The fourth-order valence-corrected chi connectivity index (χ4v) is 3.44. The lowest BCUT2D eigenvalue weighted by Gasteiger charge is -2.16. The molecule has 1 aromatic heterocycles. The third-order valence-corrected chi connectivity index (χ3v) is 4.59. The van der Waals surface area contributed by atoms with Crippen LogP contribution in [0.2, 0.25) is 0 Å². The van der Waals surface area contributed by atoms with E-state index >= 15 is 0 Å². The molecule has 0 bridgehead atoms. The van der Waals surface area contributed by atoms with E-state index in [1.807, 2.05) is 23.6 Å². The van der Waals surface area contributed by atoms with E-state index in [1.54, 1.807) is 11.3 Å². The Morgan fingerprint density at radius 2 is 2.26 bits per heavy atom. The van der Waals surface area contributed by atoms with E-state index < -0.39 is 0 Å². The van der Waals surface area contributed by atoms with Gasteiger partial charge in [0.2, 0.25) is 0 Å². The van der Waals surface area contributed by atoms with Gasteiger partial charge in [0.25, 0.3) is 0 Å². The number of thiazole rings is 1. The van der Waals surface area contributed by atoms with Gasteiger partial charge in [0.05, 0.1) is 16.0 Å². The molecular formula is C14H15BrClNOS. The van der Waals surface area contributed by atoms with E-state index in [0.29, 0.717) is 5.88 Å². The van der Waals surface area contributed by atoms with Crippen LogP contribution in [0.5, 0.6) is 5.75 Å². The van der Waals surface area contributed by atoms with Gasteiger partial charge in [-0.3, -0.25) is 0 Å². The van der Waals surface area contributed by atoms with Gasteiger partial charge in [-0.2, -0.15) is 0 Å². The molecule has 0 aliphatic rings. The molecule has 19 heavy (non-hydrogen) atoms. The Hall–Kier alpha value is -0.580. The number of hydrogen-bond donors (Lipinski definition) is 0. The third-order valence-electron chi connectivity index (χ3n) is 2.71. The normalized spacial score (nSPS) is 12.4. The van der Waals surface area contributed by atoms with Crippen LogP contribution in [-0.2, 0) is 5.88 Å². The van der Waals surface area contributed by atoms with Crippen LogP contribution in [0.4, 0.5) is 0 Å². The van der Waals surface area contributed by atoms with Crippen molar-refractivity contribution >= 4 is 38.9 Å². The summed E-state index contributed by atoms with van der Waals surface area (Å²) in [4.78, 5) is 4.49. The Balaban J connectivity index is 2.18. The van der Waals surface area contributed by atoms with Crippen LogP contribution in [0.1, 0.15) is 35.7 Å². The highest BCUT2D eigenvalue weighted by Gasteiger charge is 2.16. The average molecular weight is 361 g/mol. The largest absolute Gasteiger partial charge is 0.482 e. The van der Waals surface area contributed by atoms with Crippen LogP contribution in [0.25, 0.3) is 0 Å². The number of rotatable bonds is 5. The summed E-state index contributed by atoms with van der Waals surface area (Å²) in [6.45, 7) is 4.15. The van der Waals surface area contributed by atoms with Crippen LogP contribution in [0.3, 0.4) is 0 Å². The van der Waals surface area contributed by atoms with Gasteiger partial charge in [0.15, 0.2) is 0 Å². The molecule has 0 N–H and O–H groups in total. The van der Waals surface area contributed by atoms with Gasteiger partial charge in [-0.1, -0.05) is 13.0 Å². The van der Waals surface area contributed by atoms with Crippen LogP contribution >= 0.6 is 38.9 Å². The topological polar surface area (TPSA) is 22.1 Å². The van der Waals surface area contributed by atoms with E-state index in [-0.39, 0.29) is 6.10 Å². The average Bonchev–Trinajstić information content (AvgIpc) is 2.86. The number of aryl methyl sites for hydroxylation is 1. The highest BCUT2D eigenvalue weighted by Crippen LogP contribution is 2.32. The Morgan fingerprint density at radius 3 is 2.84 bits per heavy atom. The monoisotopic (exact) mass is 359 g/mol. The predicted molar refractivity (Wildman–Crippen MR) is 84.2 cm³/mol. The van der Waals surface area contributed by atoms with Crippen LogP contribution < -0.4 is 4.74 Å².